The first-order chi connectivity index (χ1) is 8.22. The van der Waals surface area contributed by atoms with Gasteiger partial charge in [0.1, 0.15) is 0 Å². The van der Waals surface area contributed by atoms with Gasteiger partial charge in [-0.05, 0) is 36.7 Å². The molecule has 0 N–H and O–H groups in total. The molecule has 1 fully saturated rings. The molecule has 1 aliphatic rings. The Morgan fingerprint density at radius 3 is 2.59 bits per heavy atom. The van der Waals surface area contributed by atoms with Gasteiger partial charge in [-0.25, -0.2) is 0 Å². The van der Waals surface area contributed by atoms with Crippen molar-refractivity contribution >= 4 is 0 Å². The van der Waals surface area contributed by atoms with E-state index in [9.17, 15) is 0 Å². The smallest absolute Gasteiger partial charge is 0.0547 e. The predicted molar refractivity (Wildman–Crippen MR) is 72.2 cm³/mol. The van der Waals surface area contributed by atoms with Crippen LogP contribution in [0.1, 0.15) is 76.8 Å². The van der Waals surface area contributed by atoms with Crippen molar-refractivity contribution in [2.75, 3.05) is 0 Å². The van der Waals surface area contributed by atoms with Crippen molar-refractivity contribution in [2.45, 2.75) is 71.3 Å². The molecule has 1 atom stereocenters. The van der Waals surface area contributed by atoms with Crippen LogP contribution in [0.2, 0.25) is 0 Å². The van der Waals surface area contributed by atoms with Crippen LogP contribution in [0.5, 0.6) is 0 Å². The summed E-state index contributed by atoms with van der Waals surface area (Å²) in [4.78, 5) is 0. The first kappa shape index (κ1) is 12.7. The molecule has 0 spiro atoms. The summed E-state index contributed by atoms with van der Waals surface area (Å²) in [5.74, 6) is 1.46. The van der Waals surface area contributed by atoms with Crippen LogP contribution >= 0.6 is 0 Å². The van der Waals surface area contributed by atoms with Gasteiger partial charge in [-0.15, -0.1) is 0 Å². The first-order valence-electron chi connectivity index (χ1n) is 7.26. The molecule has 0 unspecified atom stereocenters. The molecule has 0 radical (unpaired) electrons. The summed E-state index contributed by atoms with van der Waals surface area (Å²) in [5.41, 5.74) is 1.38. The number of nitrogens with zero attached hydrogens (tertiary/aromatic N) is 2. The highest BCUT2D eigenvalue weighted by Gasteiger charge is 2.26. The first-order valence-corrected chi connectivity index (χ1v) is 7.26. The van der Waals surface area contributed by atoms with Crippen molar-refractivity contribution in [3.05, 3.63) is 18.0 Å². The van der Waals surface area contributed by atoms with Gasteiger partial charge in [0.15, 0.2) is 0 Å². The molecule has 1 heterocycles. The molecule has 0 amide bonds. The van der Waals surface area contributed by atoms with E-state index >= 15 is 0 Å². The molecular weight excluding hydrogens is 208 g/mol. The second-order valence-corrected chi connectivity index (χ2v) is 5.81. The minimum Gasteiger partial charge on any atom is -0.269 e. The van der Waals surface area contributed by atoms with Crippen molar-refractivity contribution in [3.63, 3.8) is 0 Å². The normalized spacial score (nSPS) is 19.1. The molecule has 0 saturated heterocycles. The van der Waals surface area contributed by atoms with E-state index in [0.717, 1.165) is 5.92 Å². The summed E-state index contributed by atoms with van der Waals surface area (Å²) in [6.07, 6.45) is 12.5. The summed E-state index contributed by atoms with van der Waals surface area (Å²) in [6.45, 7) is 6.77. The van der Waals surface area contributed by atoms with E-state index in [0.29, 0.717) is 12.0 Å². The van der Waals surface area contributed by atoms with Crippen molar-refractivity contribution < 1.29 is 0 Å². The van der Waals surface area contributed by atoms with Crippen molar-refractivity contribution in [3.8, 4) is 0 Å². The topological polar surface area (TPSA) is 17.8 Å². The quantitative estimate of drug-likeness (QED) is 0.731. The Bertz CT molecular complexity index is 334. The lowest BCUT2D eigenvalue weighted by atomic mass is 9.94. The number of aromatic nitrogens is 2. The fourth-order valence-electron chi connectivity index (χ4n) is 3.05. The van der Waals surface area contributed by atoms with Gasteiger partial charge in [0.2, 0.25) is 0 Å². The molecule has 0 aromatic carbocycles. The number of hydrogen-bond acceptors (Lipinski definition) is 1. The zero-order chi connectivity index (χ0) is 12.3. The second kappa shape index (κ2) is 5.70. The standard InChI is InChI=1S/C15H26N2/c1-4-7-15(13-8-5-6-9-13)17-11-14(10-16-17)12(2)3/h10-13,15H,4-9H2,1-3H3/t15-/m1/s1. The van der Waals surface area contributed by atoms with Crippen LogP contribution in [0.3, 0.4) is 0 Å². The summed E-state index contributed by atoms with van der Waals surface area (Å²) >= 11 is 0. The van der Waals surface area contributed by atoms with Gasteiger partial charge >= 0.3 is 0 Å². The molecule has 1 aliphatic carbocycles. The highest BCUT2D eigenvalue weighted by molar-refractivity contribution is 5.09. The van der Waals surface area contributed by atoms with E-state index < -0.39 is 0 Å². The molecule has 17 heavy (non-hydrogen) atoms. The van der Waals surface area contributed by atoms with E-state index in [2.05, 4.69) is 42.9 Å². The third kappa shape index (κ3) is 2.91. The van der Waals surface area contributed by atoms with Gasteiger partial charge in [-0.3, -0.25) is 4.68 Å². The van der Waals surface area contributed by atoms with Crippen LogP contribution in [0.25, 0.3) is 0 Å². The SMILES string of the molecule is CCC[C@H](C1CCCC1)n1cc(C(C)C)cn1. The van der Waals surface area contributed by atoms with Gasteiger partial charge < -0.3 is 0 Å². The maximum Gasteiger partial charge on any atom is 0.0547 e. The molecule has 1 aromatic heterocycles. The second-order valence-electron chi connectivity index (χ2n) is 5.81. The van der Waals surface area contributed by atoms with Gasteiger partial charge in [0.05, 0.1) is 12.2 Å². The van der Waals surface area contributed by atoms with E-state index in [1.54, 1.807) is 0 Å². The average molecular weight is 234 g/mol. The molecular formula is C15H26N2. The molecule has 0 aliphatic heterocycles. The zero-order valence-corrected chi connectivity index (χ0v) is 11.5. The third-order valence-corrected chi connectivity index (χ3v) is 4.16. The van der Waals surface area contributed by atoms with Crippen molar-refractivity contribution in [2.24, 2.45) is 5.92 Å². The Hall–Kier alpha value is -0.790. The molecule has 2 rings (SSSR count). The van der Waals surface area contributed by atoms with Crippen LogP contribution in [0.4, 0.5) is 0 Å². The van der Waals surface area contributed by atoms with Crippen molar-refractivity contribution in [1.82, 2.24) is 9.78 Å². The highest BCUT2D eigenvalue weighted by Crippen LogP contribution is 2.36. The number of rotatable bonds is 5. The monoisotopic (exact) mass is 234 g/mol. The fourth-order valence-corrected chi connectivity index (χ4v) is 3.05. The maximum absolute atomic E-state index is 4.62. The highest BCUT2D eigenvalue weighted by atomic mass is 15.3. The van der Waals surface area contributed by atoms with Gasteiger partial charge in [0, 0.05) is 6.20 Å². The van der Waals surface area contributed by atoms with Gasteiger partial charge in [0.25, 0.3) is 0 Å². The lowest BCUT2D eigenvalue weighted by Crippen LogP contribution is -2.17. The van der Waals surface area contributed by atoms with Gasteiger partial charge in [-0.1, -0.05) is 40.0 Å². The summed E-state index contributed by atoms with van der Waals surface area (Å²) < 4.78 is 2.26. The van der Waals surface area contributed by atoms with Gasteiger partial charge in [-0.2, -0.15) is 5.10 Å². The summed E-state index contributed by atoms with van der Waals surface area (Å²) in [5, 5.41) is 4.62. The fraction of sp³-hybridized carbons (Fsp3) is 0.800. The Balaban J connectivity index is 2.13. The Morgan fingerprint density at radius 2 is 2.06 bits per heavy atom. The summed E-state index contributed by atoms with van der Waals surface area (Å²) in [7, 11) is 0. The van der Waals surface area contributed by atoms with Crippen LogP contribution in [-0.2, 0) is 0 Å². The third-order valence-electron chi connectivity index (χ3n) is 4.16. The lowest BCUT2D eigenvalue weighted by Gasteiger charge is -2.23. The lowest BCUT2D eigenvalue weighted by molar-refractivity contribution is 0.290. The molecule has 2 heteroatoms. The van der Waals surface area contributed by atoms with Crippen molar-refractivity contribution in [1.29, 1.82) is 0 Å². The van der Waals surface area contributed by atoms with E-state index in [4.69, 9.17) is 0 Å². The maximum atomic E-state index is 4.62. The molecule has 0 bridgehead atoms. The van der Waals surface area contributed by atoms with E-state index in [1.807, 2.05) is 0 Å². The summed E-state index contributed by atoms with van der Waals surface area (Å²) in [6, 6.07) is 0.648. The molecule has 2 nitrogen and oxygen atoms in total. The Morgan fingerprint density at radius 1 is 1.35 bits per heavy atom. The van der Waals surface area contributed by atoms with Crippen LogP contribution in [0.15, 0.2) is 12.4 Å². The average Bonchev–Trinajstić information content (AvgIpc) is 2.97. The minimum absolute atomic E-state index is 0.592. The van der Waals surface area contributed by atoms with Crippen LogP contribution in [-0.4, -0.2) is 9.78 Å². The molecule has 1 aromatic rings. The van der Waals surface area contributed by atoms with E-state index in [-0.39, 0.29) is 0 Å². The molecule has 96 valence electrons. The minimum atomic E-state index is 0.592. The number of hydrogen-bond donors (Lipinski definition) is 0. The molecule has 1 saturated carbocycles. The Kier molecular flexibility index (Phi) is 4.25. The Labute approximate surface area is 105 Å². The van der Waals surface area contributed by atoms with Crippen LogP contribution in [0, 0.1) is 5.92 Å². The largest absolute Gasteiger partial charge is 0.269 e. The van der Waals surface area contributed by atoms with Crippen LogP contribution < -0.4 is 0 Å². The zero-order valence-electron chi connectivity index (χ0n) is 11.5. The predicted octanol–water partition coefficient (Wildman–Crippen LogP) is 4.54. The van der Waals surface area contributed by atoms with E-state index in [1.165, 1.54) is 44.1 Å².